The van der Waals surface area contributed by atoms with Crippen LogP contribution in [0.1, 0.15) is 11.1 Å². The van der Waals surface area contributed by atoms with Crippen molar-refractivity contribution in [3.8, 4) is 0 Å². The van der Waals surface area contributed by atoms with Crippen molar-refractivity contribution in [2.45, 2.75) is 13.8 Å². The third kappa shape index (κ3) is 4.76. The average Bonchev–Trinajstić information content (AvgIpc) is 2.64. The Balaban J connectivity index is 1.52. The SMILES string of the molecule is Cc1ccc(C)c(NCC(=O)Nc2ccc(N3CCN(C)CC3)cc2)c1. The number of benzene rings is 2. The quantitative estimate of drug-likeness (QED) is 0.868. The summed E-state index contributed by atoms with van der Waals surface area (Å²) in [6.07, 6.45) is 0. The summed E-state index contributed by atoms with van der Waals surface area (Å²) in [7, 11) is 2.16. The molecule has 1 amide bonds. The van der Waals surface area contributed by atoms with Crippen LogP contribution in [0, 0.1) is 13.8 Å². The number of likely N-dealkylation sites (N-methyl/N-ethyl adjacent to an activating group) is 1. The Hall–Kier alpha value is -2.53. The number of hydrogen-bond donors (Lipinski definition) is 2. The molecule has 1 heterocycles. The number of aryl methyl sites for hydroxylation is 2. The van der Waals surface area contributed by atoms with Gasteiger partial charge in [0, 0.05) is 43.2 Å². The Bertz CT molecular complexity index is 749. The minimum atomic E-state index is -0.0433. The molecule has 0 aliphatic carbocycles. The van der Waals surface area contributed by atoms with E-state index >= 15 is 0 Å². The zero-order chi connectivity index (χ0) is 18.5. The molecule has 1 saturated heterocycles. The molecule has 0 radical (unpaired) electrons. The van der Waals surface area contributed by atoms with Gasteiger partial charge in [0.1, 0.15) is 0 Å². The normalized spacial score (nSPS) is 15.0. The fraction of sp³-hybridized carbons (Fsp3) is 0.381. The second-order valence-electron chi connectivity index (χ2n) is 7.06. The minimum Gasteiger partial charge on any atom is -0.376 e. The van der Waals surface area contributed by atoms with Crippen molar-refractivity contribution in [2.75, 3.05) is 55.3 Å². The Morgan fingerprint density at radius 3 is 2.38 bits per heavy atom. The molecule has 1 fully saturated rings. The summed E-state index contributed by atoms with van der Waals surface area (Å²) >= 11 is 0. The number of amides is 1. The van der Waals surface area contributed by atoms with Gasteiger partial charge in [-0.25, -0.2) is 0 Å². The van der Waals surface area contributed by atoms with E-state index in [0.29, 0.717) is 0 Å². The lowest BCUT2D eigenvalue weighted by Crippen LogP contribution is -2.44. The van der Waals surface area contributed by atoms with Crippen molar-refractivity contribution >= 4 is 23.0 Å². The van der Waals surface area contributed by atoms with E-state index in [-0.39, 0.29) is 12.5 Å². The summed E-state index contributed by atoms with van der Waals surface area (Å²) in [5, 5.41) is 6.17. The van der Waals surface area contributed by atoms with Crippen LogP contribution in [0.4, 0.5) is 17.1 Å². The lowest BCUT2D eigenvalue weighted by Gasteiger charge is -2.34. The molecule has 3 rings (SSSR count). The molecule has 2 aromatic rings. The molecular formula is C21H28N4O. The third-order valence-electron chi connectivity index (χ3n) is 4.85. The van der Waals surface area contributed by atoms with Crippen LogP contribution in [0.25, 0.3) is 0 Å². The maximum atomic E-state index is 12.2. The Kier molecular flexibility index (Phi) is 5.78. The number of carbonyl (C=O) groups is 1. The zero-order valence-corrected chi connectivity index (χ0v) is 15.9. The molecule has 0 saturated carbocycles. The van der Waals surface area contributed by atoms with Crippen LogP contribution < -0.4 is 15.5 Å². The van der Waals surface area contributed by atoms with E-state index in [1.54, 1.807) is 0 Å². The smallest absolute Gasteiger partial charge is 0.243 e. The number of carbonyl (C=O) groups excluding carboxylic acids is 1. The largest absolute Gasteiger partial charge is 0.376 e. The molecule has 2 N–H and O–H groups in total. The summed E-state index contributed by atoms with van der Waals surface area (Å²) in [5.41, 5.74) is 5.36. The van der Waals surface area contributed by atoms with Gasteiger partial charge in [-0.15, -0.1) is 0 Å². The zero-order valence-electron chi connectivity index (χ0n) is 15.9. The van der Waals surface area contributed by atoms with Crippen molar-refractivity contribution < 1.29 is 4.79 Å². The predicted octanol–water partition coefficient (Wildman–Crippen LogP) is 3.11. The average molecular weight is 352 g/mol. The molecule has 0 atom stereocenters. The predicted molar refractivity (Wildman–Crippen MR) is 109 cm³/mol. The summed E-state index contributed by atoms with van der Waals surface area (Å²) in [4.78, 5) is 16.9. The van der Waals surface area contributed by atoms with Gasteiger partial charge in [-0.1, -0.05) is 12.1 Å². The summed E-state index contributed by atoms with van der Waals surface area (Å²) < 4.78 is 0. The third-order valence-corrected chi connectivity index (χ3v) is 4.85. The standard InChI is InChI=1S/C21H28N4O/c1-16-4-5-17(2)20(14-16)22-15-21(26)23-18-6-8-19(9-7-18)25-12-10-24(3)11-13-25/h4-9,14,22H,10-13,15H2,1-3H3,(H,23,26). The molecule has 2 aromatic carbocycles. The highest BCUT2D eigenvalue weighted by Crippen LogP contribution is 2.20. The fourth-order valence-electron chi connectivity index (χ4n) is 3.13. The van der Waals surface area contributed by atoms with Crippen LogP contribution in [0.3, 0.4) is 0 Å². The van der Waals surface area contributed by atoms with Gasteiger partial charge in [-0.05, 0) is 62.4 Å². The summed E-state index contributed by atoms with van der Waals surface area (Å²) in [6.45, 7) is 8.60. The van der Waals surface area contributed by atoms with Crippen LogP contribution in [-0.4, -0.2) is 50.6 Å². The molecule has 1 aliphatic rings. The van der Waals surface area contributed by atoms with E-state index in [1.165, 1.54) is 11.3 Å². The highest BCUT2D eigenvalue weighted by molar-refractivity contribution is 5.94. The molecule has 5 heteroatoms. The van der Waals surface area contributed by atoms with Crippen molar-refractivity contribution in [3.05, 3.63) is 53.6 Å². The van der Waals surface area contributed by atoms with Gasteiger partial charge in [-0.3, -0.25) is 4.79 Å². The topological polar surface area (TPSA) is 47.6 Å². The highest BCUT2D eigenvalue weighted by atomic mass is 16.1. The van der Waals surface area contributed by atoms with Crippen molar-refractivity contribution in [1.29, 1.82) is 0 Å². The number of anilines is 3. The van der Waals surface area contributed by atoms with E-state index in [9.17, 15) is 4.79 Å². The van der Waals surface area contributed by atoms with Gasteiger partial charge in [0.2, 0.25) is 5.91 Å². The number of rotatable bonds is 5. The number of nitrogens with one attached hydrogen (secondary N) is 2. The van der Waals surface area contributed by atoms with Crippen LogP contribution in [-0.2, 0) is 4.79 Å². The van der Waals surface area contributed by atoms with Crippen LogP contribution in [0.15, 0.2) is 42.5 Å². The number of nitrogens with zero attached hydrogens (tertiary/aromatic N) is 2. The Morgan fingerprint density at radius 2 is 1.69 bits per heavy atom. The van der Waals surface area contributed by atoms with E-state index < -0.39 is 0 Å². The van der Waals surface area contributed by atoms with Gasteiger partial charge < -0.3 is 20.4 Å². The van der Waals surface area contributed by atoms with Crippen LogP contribution in [0.2, 0.25) is 0 Å². The van der Waals surface area contributed by atoms with E-state index in [4.69, 9.17) is 0 Å². The van der Waals surface area contributed by atoms with E-state index in [2.05, 4.69) is 57.8 Å². The monoisotopic (exact) mass is 352 g/mol. The van der Waals surface area contributed by atoms with Crippen molar-refractivity contribution in [1.82, 2.24) is 4.90 Å². The molecular weight excluding hydrogens is 324 g/mol. The first-order chi connectivity index (χ1) is 12.5. The Labute approximate surface area is 156 Å². The van der Waals surface area contributed by atoms with Gasteiger partial charge in [0.15, 0.2) is 0 Å². The number of hydrogen-bond acceptors (Lipinski definition) is 4. The van der Waals surface area contributed by atoms with Crippen LogP contribution in [0.5, 0.6) is 0 Å². The second-order valence-corrected chi connectivity index (χ2v) is 7.06. The lowest BCUT2D eigenvalue weighted by atomic mass is 10.1. The van der Waals surface area contributed by atoms with Gasteiger partial charge in [0.25, 0.3) is 0 Å². The van der Waals surface area contributed by atoms with Crippen molar-refractivity contribution in [2.24, 2.45) is 0 Å². The first-order valence-corrected chi connectivity index (χ1v) is 9.16. The lowest BCUT2D eigenvalue weighted by molar-refractivity contribution is -0.114. The van der Waals surface area contributed by atoms with Crippen molar-refractivity contribution in [3.63, 3.8) is 0 Å². The van der Waals surface area contributed by atoms with Crippen LogP contribution >= 0.6 is 0 Å². The van der Waals surface area contributed by atoms with E-state index in [0.717, 1.165) is 43.1 Å². The summed E-state index contributed by atoms with van der Waals surface area (Å²) in [6, 6.07) is 14.3. The maximum absolute atomic E-state index is 12.2. The second kappa shape index (κ2) is 8.23. The molecule has 5 nitrogen and oxygen atoms in total. The first-order valence-electron chi connectivity index (χ1n) is 9.16. The highest BCUT2D eigenvalue weighted by Gasteiger charge is 2.14. The fourth-order valence-corrected chi connectivity index (χ4v) is 3.13. The van der Waals surface area contributed by atoms with Gasteiger partial charge in [-0.2, -0.15) is 0 Å². The molecule has 0 unspecified atom stereocenters. The van der Waals surface area contributed by atoms with Gasteiger partial charge in [0.05, 0.1) is 6.54 Å². The molecule has 0 aromatic heterocycles. The molecule has 26 heavy (non-hydrogen) atoms. The Morgan fingerprint density at radius 1 is 1.00 bits per heavy atom. The van der Waals surface area contributed by atoms with E-state index in [1.807, 2.05) is 26.0 Å². The maximum Gasteiger partial charge on any atom is 0.243 e. The molecule has 1 aliphatic heterocycles. The van der Waals surface area contributed by atoms with Gasteiger partial charge >= 0.3 is 0 Å². The molecule has 0 spiro atoms. The number of piperazine rings is 1. The molecule has 0 bridgehead atoms. The first kappa shape index (κ1) is 18.3. The molecule has 138 valence electrons. The minimum absolute atomic E-state index is 0.0433. The summed E-state index contributed by atoms with van der Waals surface area (Å²) in [5.74, 6) is -0.0433.